The van der Waals surface area contributed by atoms with E-state index in [1.807, 2.05) is 35.9 Å². The Morgan fingerprint density at radius 3 is 2.25 bits per heavy atom. The predicted molar refractivity (Wildman–Crippen MR) is 216 cm³/mol. The van der Waals surface area contributed by atoms with Gasteiger partial charge >= 0.3 is 0 Å². The van der Waals surface area contributed by atoms with E-state index in [4.69, 9.17) is 9.10 Å². The van der Waals surface area contributed by atoms with E-state index in [0.29, 0.717) is 11.6 Å². The van der Waals surface area contributed by atoms with E-state index < -0.39 is 20.7 Å². The minimum Gasteiger partial charge on any atom is -0.305 e. The summed E-state index contributed by atoms with van der Waals surface area (Å²) in [4.78, 5) is 9.17. The van der Waals surface area contributed by atoms with Crippen molar-refractivity contribution in [3.8, 4) is 33.6 Å². The van der Waals surface area contributed by atoms with Crippen LogP contribution in [0.3, 0.4) is 0 Å². The molecule has 0 spiro atoms. The molecule has 3 aromatic heterocycles. The molecule has 0 amide bonds. The third-order valence-corrected chi connectivity index (χ3v) is 12.2. The van der Waals surface area contributed by atoms with Gasteiger partial charge in [-0.25, -0.2) is 0 Å². The molecule has 0 atom stereocenters. The number of aromatic nitrogens is 2. The SMILES string of the molecule is Cc1cc(C)c(-c2ccnc(-c3[c-]ccc4c3sc3ccccc34)c2)c(C)c1.[2H]C([2H])([2H])c1c[c-]c(-c2cc(CC(C)C)c([Si](C)(C)C)cn2)c(F)c1.[Ir]. The first-order chi connectivity index (χ1) is 25.0. The first-order valence-corrected chi connectivity index (χ1v) is 21.4. The minimum absolute atomic E-state index is 0. The second-order valence-corrected chi connectivity index (χ2v) is 20.7. The summed E-state index contributed by atoms with van der Waals surface area (Å²) in [6.07, 6.45) is 4.69. The van der Waals surface area contributed by atoms with Crippen LogP contribution in [-0.2, 0) is 26.5 Å². The van der Waals surface area contributed by atoms with Gasteiger partial charge in [-0.3, -0.25) is 4.39 Å². The Labute approximate surface area is 325 Å². The van der Waals surface area contributed by atoms with Crippen molar-refractivity contribution in [1.29, 1.82) is 0 Å². The zero-order chi connectivity index (χ0) is 38.2. The summed E-state index contributed by atoms with van der Waals surface area (Å²) in [6, 6.07) is 32.2. The first kappa shape index (κ1) is 34.3. The molecule has 7 aromatic rings. The van der Waals surface area contributed by atoms with Gasteiger partial charge in [0.1, 0.15) is 0 Å². The van der Waals surface area contributed by atoms with Crippen LogP contribution in [-0.4, -0.2) is 18.0 Å². The molecule has 51 heavy (non-hydrogen) atoms. The Morgan fingerprint density at radius 1 is 0.843 bits per heavy atom. The third-order valence-electron chi connectivity index (χ3n) is 8.90. The van der Waals surface area contributed by atoms with Gasteiger partial charge in [-0.15, -0.1) is 47.5 Å². The molecule has 0 aliphatic carbocycles. The summed E-state index contributed by atoms with van der Waals surface area (Å²) in [6.45, 7) is 15.3. The molecule has 0 unspecified atom stereocenters. The maximum Gasteiger partial charge on any atom is 0.0798 e. The summed E-state index contributed by atoms with van der Waals surface area (Å²) in [5, 5.41) is 3.87. The quantitative estimate of drug-likeness (QED) is 0.123. The van der Waals surface area contributed by atoms with Crippen molar-refractivity contribution in [2.45, 2.75) is 67.5 Å². The Balaban J connectivity index is 0.000000206. The number of hydrogen-bond donors (Lipinski definition) is 0. The zero-order valence-electron chi connectivity index (χ0n) is 33.5. The van der Waals surface area contributed by atoms with Crippen molar-refractivity contribution < 1.29 is 28.6 Å². The maximum atomic E-state index is 14.5. The smallest absolute Gasteiger partial charge is 0.0798 e. The number of pyridine rings is 2. The summed E-state index contributed by atoms with van der Waals surface area (Å²) >= 11 is 1.82. The Morgan fingerprint density at radius 2 is 1.57 bits per heavy atom. The van der Waals surface area contributed by atoms with Gasteiger partial charge in [-0.2, -0.15) is 11.3 Å². The number of rotatable bonds is 6. The van der Waals surface area contributed by atoms with Gasteiger partial charge < -0.3 is 9.97 Å². The fourth-order valence-electron chi connectivity index (χ4n) is 6.82. The Kier molecular flexibility index (Phi) is 10.6. The van der Waals surface area contributed by atoms with Crippen LogP contribution in [0.5, 0.6) is 0 Å². The molecule has 6 heteroatoms. The van der Waals surface area contributed by atoms with Crippen molar-refractivity contribution in [2.75, 3.05) is 0 Å². The number of aryl methyl sites for hydroxylation is 4. The normalized spacial score (nSPS) is 12.5. The molecule has 0 fully saturated rings. The summed E-state index contributed by atoms with van der Waals surface area (Å²) in [5.41, 5.74) is 10.4. The molecule has 0 aliphatic rings. The standard InChI is InChI=1S/C26H20NS.C19H25FNSi.Ir/c1-16-13-17(2)25(18(3)14-16)19-11-12-27-23(15-19)22-9-6-8-21-20-7-4-5-10-24(20)28-26(21)22;1-13(2)9-15-11-18(21-12-19(15)22(4,5)6)16-8-7-14(3)10-17(16)20;/h4-8,10-15H,1-3H3;7,10-13H,9H2,1-6H3;/q2*-1;/i;3D3;. The average Bonchev–Trinajstić information content (AvgIpc) is 3.46. The van der Waals surface area contributed by atoms with Gasteiger partial charge in [0.05, 0.1) is 8.07 Å². The van der Waals surface area contributed by atoms with E-state index >= 15 is 0 Å². The van der Waals surface area contributed by atoms with Gasteiger partial charge in [-0.05, 0) is 94.2 Å². The number of nitrogens with zero attached hydrogens (tertiary/aromatic N) is 2. The number of thiophene rings is 1. The number of hydrogen-bond acceptors (Lipinski definition) is 3. The van der Waals surface area contributed by atoms with Gasteiger partial charge in [0.15, 0.2) is 0 Å². The molecule has 4 aromatic carbocycles. The predicted octanol–water partition coefficient (Wildman–Crippen LogP) is 12.2. The van der Waals surface area contributed by atoms with Crippen LogP contribution in [0.15, 0.2) is 91.3 Å². The molecular formula is C45H45FIrN2SSi-2. The summed E-state index contributed by atoms with van der Waals surface area (Å²) in [7, 11) is -1.56. The third kappa shape index (κ3) is 8.47. The van der Waals surface area contributed by atoms with E-state index in [0.717, 1.165) is 23.7 Å². The monoisotopic (exact) mass is 888 g/mol. The fraction of sp³-hybridized carbons (Fsp3) is 0.244. The van der Waals surface area contributed by atoms with Crippen LogP contribution in [0, 0.1) is 51.5 Å². The zero-order valence-corrected chi connectivity index (χ0v) is 34.7. The van der Waals surface area contributed by atoms with Gasteiger partial charge in [0.25, 0.3) is 0 Å². The first-order valence-electron chi connectivity index (χ1n) is 18.6. The van der Waals surface area contributed by atoms with Crippen molar-refractivity contribution in [3.05, 3.63) is 137 Å². The summed E-state index contributed by atoms with van der Waals surface area (Å²) in [5.74, 6) is -0.116. The Hall–Kier alpha value is -3.80. The van der Waals surface area contributed by atoms with E-state index in [1.165, 1.54) is 64.8 Å². The molecule has 0 saturated heterocycles. The van der Waals surface area contributed by atoms with Crippen molar-refractivity contribution in [3.63, 3.8) is 0 Å². The summed E-state index contributed by atoms with van der Waals surface area (Å²) < 4.78 is 39.2. The van der Waals surface area contributed by atoms with Crippen LogP contribution >= 0.6 is 11.3 Å². The second kappa shape index (κ2) is 15.8. The topological polar surface area (TPSA) is 25.8 Å². The van der Waals surface area contributed by atoms with Gasteiger partial charge in [0, 0.05) is 47.1 Å². The number of benzene rings is 4. The van der Waals surface area contributed by atoms with Crippen LogP contribution in [0.25, 0.3) is 53.8 Å². The molecule has 0 aliphatic heterocycles. The molecule has 7 rings (SSSR count). The Bertz CT molecular complexity index is 2430. The fourth-order valence-corrected chi connectivity index (χ4v) is 9.62. The molecule has 2 nitrogen and oxygen atoms in total. The molecule has 0 N–H and O–H groups in total. The van der Waals surface area contributed by atoms with E-state index in [1.54, 1.807) is 0 Å². The molecular weight excluding hydrogens is 840 g/mol. The minimum atomic E-state index is -2.34. The van der Waals surface area contributed by atoms with Crippen LogP contribution in [0.2, 0.25) is 19.6 Å². The van der Waals surface area contributed by atoms with Crippen molar-refractivity contribution in [2.24, 2.45) is 5.92 Å². The van der Waals surface area contributed by atoms with E-state index in [2.05, 4.69) is 126 Å². The van der Waals surface area contributed by atoms with Crippen molar-refractivity contribution >= 4 is 44.8 Å². The second-order valence-electron chi connectivity index (χ2n) is 14.6. The van der Waals surface area contributed by atoms with Crippen LogP contribution < -0.4 is 5.19 Å². The van der Waals surface area contributed by atoms with E-state index in [-0.39, 0.29) is 31.2 Å². The molecule has 3 heterocycles. The average molecular weight is 888 g/mol. The van der Waals surface area contributed by atoms with Crippen LogP contribution in [0.4, 0.5) is 4.39 Å². The van der Waals surface area contributed by atoms with E-state index in [9.17, 15) is 4.39 Å². The maximum absolute atomic E-state index is 14.5. The molecule has 0 saturated carbocycles. The van der Waals surface area contributed by atoms with Gasteiger partial charge in [-0.1, -0.05) is 105 Å². The molecule has 1 radical (unpaired) electrons. The van der Waals surface area contributed by atoms with Gasteiger partial charge in [0.2, 0.25) is 0 Å². The number of fused-ring (bicyclic) bond motifs is 3. The number of halogens is 1. The largest absolute Gasteiger partial charge is 0.305 e. The van der Waals surface area contributed by atoms with Crippen molar-refractivity contribution in [1.82, 2.24) is 9.97 Å². The molecule has 263 valence electrons. The molecule has 0 bridgehead atoms. The van der Waals surface area contributed by atoms with Crippen LogP contribution in [0.1, 0.15) is 45.8 Å².